The fraction of sp³-hybridized carbons (Fsp3) is 0. The number of hydrogen-bond donors (Lipinski definition) is 0. The van der Waals surface area contributed by atoms with Crippen LogP contribution in [0, 0.1) is 0 Å². The smallest absolute Gasteiger partial charge is 0.164 e. The van der Waals surface area contributed by atoms with Gasteiger partial charge in [-0.3, -0.25) is 0 Å². The van der Waals surface area contributed by atoms with Crippen LogP contribution in [0.25, 0.3) is 122 Å². The highest BCUT2D eigenvalue weighted by Gasteiger charge is 2.22. The minimum Gasteiger partial charge on any atom is -0.309 e. The fourth-order valence-corrected chi connectivity index (χ4v) is 9.79. The van der Waals surface area contributed by atoms with Gasteiger partial charge in [-0.2, -0.15) is 0 Å². The Morgan fingerprint density at radius 3 is 1.62 bits per heavy atom. The lowest BCUT2D eigenvalue weighted by Gasteiger charge is -2.15. The summed E-state index contributed by atoms with van der Waals surface area (Å²) in [4.78, 5) is 15.6. The number of fused-ring (bicyclic) bond motifs is 9. The average Bonchev–Trinajstić information content (AvgIpc) is 3.88. The first-order valence-electron chi connectivity index (χ1n) is 21.7. The van der Waals surface area contributed by atoms with E-state index in [0.29, 0.717) is 17.5 Å². The third-order valence-electron chi connectivity index (χ3n) is 12.7. The average molecular weight is 816 g/mol. The molecule has 10 aromatic carbocycles. The molecule has 0 aliphatic rings. The molecule has 0 saturated heterocycles. The van der Waals surface area contributed by atoms with E-state index in [1.165, 1.54) is 37.8 Å². The minimum atomic E-state index is 0.611. The normalized spacial score (nSPS) is 11.8. The lowest BCUT2D eigenvalue weighted by Crippen LogP contribution is -2.02. The standard InChI is InChI=1S/C59H37N5/c1-4-17-38(18-5-1)41-23-16-24-43(33-41)58-60-57(40-20-6-2-7-21-40)61-59(62-58)44-34-42-22-11-12-27-46(42)53(35-44)64-51-30-15-14-29-48(51)49-36-50-55(37-54(49)64)63(45-25-8-3-9-26-45)52-32-31-39-19-10-13-28-47(39)56(50)52/h1-37H. The van der Waals surface area contributed by atoms with Gasteiger partial charge in [-0.25, -0.2) is 15.0 Å². The van der Waals surface area contributed by atoms with Crippen molar-refractivity contribution in [2.24, 2.45) is 0 Å². The highest BCUT2D eigenvalue weighted by molar-refractivity contribution is 6.25. The summed E-state index contributed by atoms with van der Waals surface area (Å²) < 4.78 is 4.88. The Morgan fingerprint density at radius 2 is 0.844 bits per heavy atom. The molecule has 0 aliphatic carbocycles. The summed E-state index contributed by atoms with van der Waals surface area (Å²) in [5.74, 6) is 1.86. The molecule has 0 unspecified atom stereocenters. The topological polar surface area (TPSA) is 48.5 Å². The van der Waals surface area contributed by atoms with E-state index in [-0.39, 0.29) is 0 Å². The zero-order chi connectivity index (χ0) is 42.1. The summed E-state index contributed by atoms with van der Waals surface area (Å²) in [6.07, 6.45) is 0. The molecule has 0 bridgehead atoms. The van der Waals surface area contributed by atoms with E-state index in [4.69, 9.17) is 15.0 Å². The van der Waals surface area contributed by atoms with Crippen molar-refractivity contribution in [2.75, 3.05) is 0 Å². The van der Waals surface area contributed by atoms with E-state index in [9.17, 15) is 0 Å². The van der Waals surface area contributed by atoms with Gasteiger partial charge in [0.1, 0.15) is 0 Å². The highest BCUT2D eigenvalue weighted by Crippen LogP contribution is 2.43. The van der Waals surface area contributed by atoms with Gasteiger partial charge < -0.3 is 9.13 Å². The first kappa shape index (κ1) is 36.0. The first-order chi connectivity index (χ1) is 31.7. The molecule has 13 aromatic rings. The zero-order valence-corrected chi connectivity index (χ0v) is 34.6. The van der Waals surface area contributed by atoms with Crippen molar-refractivity contribution in [3.05, 3.63) is 224 Å². The number of aromatic nitrogens is 5. The van der Waals surface area contributed by atoms with Gasteiger partial charge in [0.05, 0.1) is 27.8 Å². The van der Waals surface area contributed by atoms with E-state index >= 15 is 0 Å². The number of para-hydroxylation sites is 2. The Kier molecular flexibility index (Phi) is 8.15. The Morgan fingerprint density at radius 1 is 0.266 bits per heavy atom. The summed E-state index contributed by atoms with van der Waals surface area (Å²) in [5.41, 5.74) is 11.8. The van der Waals surface area contributed by atoms with Gasteiger partial charge in [0.2, 0.25) is 0 Å². The molecular weight excluding hydrogens is 779 g/mol. The Hall–Kier alpha value is -8.67. The van der Waals surface area contributed by atoms with E-state index < -0.39 is 0 Å². The molecule has 0 saturated carbocycles. The van der Waals surface area contributed by atoms with Gasteiger partial charge in [-0.15, -0.1) is 0 Å². The van der Waals surface area contributed by atoms with Crippen LogP contribution >= 0.6 is 0 Å². The minimum absolute atomic E-state index is 0.611. The van der Waals surface area contributed by atoms with E-state index in [1.807, 2.05) is 24.3 Å². The third-order valence-corrected chi connectivity index (χ3v) is 12.7. The van der Waals surface area contributed by atoms with Gasteiger partial charge in [0, 0.05) is 49.3 Å². The van der Waals surface area contributed by atoms with Crippen LogP contribution in [0.15, 0.2) is 224 Å². The molecule has 3 aromatic heterocycles. The molecule has 0 atom stereocenters. The van der Waals surface area contributed by atoms with E-state index in [0.717, 1.165) is 66.5 Å². The van der Waals surface area contributed by atoms with Gasteiger partial charge in [0.15, 0.2) is 17.5 Å². The third kappa shape index (κ3) is 5.75. The maximum absolute atomic E-state index is 5.29. The van der Waals surface area contributed by atoms with Crippen LogP contribution in [-0.4, -0.2) is 24.1 Å². The molecular formula is C59H37N5. The molecule has 13 rings (SSSR count). The van der Waals surface area contributed by atoms with Crippen LogP contribution < -0.4 is 0 Å². The maximum atomic E-state index is 5.29. The van der Waals surface area contributed by atoms with Gasteiger partial charge in [-0.1, -0.05) is 170 Å². The number of benzene rings is 10. The lowest BCUT2D eigenvalue weighted by molar-refractivity contribution is 1.07. The summed E-state index contributed by atoms with van der Waals surface area (Å²) in [6, 6.07) is 79.9. The summed E-state index contributed by atoms with van der Waals surface area (Å²) in [6.45, 7) is 0. The van der Waals surface area contributed by atoms with Crippen LogP contribution in [0.2, 0.25) is 0 Å². The second-order valence-corrected chi connectivity index (χ2v) is 16.4. The summed E-state index contributed by atoms with van der Waals surface area (Å²) >= 11 is 0. The Labute approximate surface area is 368 Å². The SMILES string of the molecule is c1ccc(-c2cccc(-c3nc(-c4ccccc4)nc(-c4cc(-n5c6ccccc6c6cc7c8c9ccccc9ccc8n(-c8ccccc8)c7cc65)c5ccccc5c4)n3)c2)cc1. The molecule has 0 amide bonds. The number of hydrogen-bond acceptors (Lipinski definition) is 3. The van der Waals surface area contributed by atoms with Crippen molar-refractivity contribution in [2.45, 2.75) is 0 Å². The predicted octanol–water partition coefficient (Wildman–Crippen LogP) is 15.0. The number of rotatable bonds is 6. The van der Waals surface area contributed by atoms with E-state index in [2.05, 4.69) is 209 Å². The second kappa shape index (κ2) is 14.5. The van der Waals surface area contributed by atoms with Crippen LogP contribution in [0.4, 0.5) is 0 Å². The van der Waals surface area contributed by atoms with E-state index in [1.54, 1.807) is 0 Å². The van der Waals surface area contributed by atoms with Crippen molar-refractivity contribution in [1.29, 1.82) is 0 Å². The monoisotopic (exact) mass is 815 g/mol. The predicted molar refractivity (Wildman–Crippen MR) is 265 cm³/mol. The molecule has 64 heavy (non-hydrogen) atoms. The summed E-state index contributed by atoms with van der Waals surface area (Å²) in [7, 11) is 0. The van der Waals surface area contributed by atoms with Crippen LogP contribution in [0.5, 0.6) is 0 Å². The van der Waals surface area contributed by atoms with Gasteiger partial charge in [-0.05, 0) is 81.9 Å². The molecule has 3 heterocycles. The molecule has 0 N–H and O–H groups in total. The Bertz CT molecular complexity index is 3940. The number of nitrogens with zero attached hydrogens (tertiary/aromatic N) is 5. The molecule has 0 aliphatic heterocycles. The molecule has 5 heteroatoms. The van der Waals surface area contributed by atoms with Gasteiger partial charge in [0.25, 0.3) is 0 Å². The molecule has 0 radical (unpaired) electrons. The van der Waals surface area contributed by atoms with Crippen molar-refractivity contribution in [1.82, 2.24) is 24.1 Å². The highest BCUT2D eigenvalue weighted by atomic mass is 15.0. The fourth-order valence-electron chi connectivity index (χ4n) is 9.79. The molecule has 5 nitrogen and oxygen atoms in total. The van der Waals surface area contributed by atoms with Crippen molar-refractivity contribution < 1.29 is 0 Å². The van der Waals surface area contributed by atoms with Crippen LogP contribution in [-0.2, 0) is 0 Å². The first-order valence-corrected chi connectivity index (χ1v) is 21.7. The quantitative estimate of drug-likeness (QED) is 0.168. The molecule has 0 fully saturated rings. The van der Waals surface area contributed by atoms with Crippen molar-refractivity contribution in [3.8, 4) is 56.7 Å². The Balaban J connectivity index is 1.09. The molecule has 0 spiro atoms. The summed E-state index contributed by atoms with van der Waals surface area (Å²) in [5, 5.41) is 9.60. The van der Waals surface area contributed by atoms with Crippen molar-refractivity contribution >= 4 is 65.2 Å². The maximum Gasteiger partial charge on any atom is 0.164 e. The van der Waals surface area contributed by atoms with Crippen LogP contribution in [0.3, 0.4) is 0 Å². The second-order valence-electron chi connectivity index (χ2n) is 16.4. The molecule has 298 valence electrons. The zero-order valence-electron chi connectivity index (χ0n) is 34.6. The van der Waals surface area contributed by atoms with Crippen LogP contribution in [0.1, 0.15) is 0 Å². The largest absolute Gasteiger partial charge is 0.309 e. The van der Waals surface area contributed by atoms with Crippen molar-refractivity contribution in [3.63, 3.8) is 0 Å². The lowest BCUT2D eigenvalue weighted by atomic mass is 10.0. The van der Waals surface area contributed by atoms with Gasteiger partial charge >= 0.3 is 0 Å².